The maximum atomic E-state index is 12.2. The molecule has 1 aliphatic rings. The monoisotopic (exact) mass is 296 g/mol. The highest BCUT2D eigenvalue weighted by Gasteiger charge is 2.39. The lowest BCUT2D eigenvalue weighted by Gasteiger charge is -2.40. The van der Waals surface area contributed by atoms with Gasteiger partial charge in [0.15, 0.2) is 5.78 Å². The van der Waals surface area contributed by atoms with Gasteiger partial charge < -0.3 is 14.5 Å². The molecular weight excluding hydrogens is 264 g/mol. The zero-order chi connectivity index (χ0) is 16.2. The van der Waals surface area contributed by atoms with Crippen molar-refractivity contribution in [2.24, 2.45) is 11.3 Å². The molecule has 0 N–H and O–H groups in total. The van der Waals surface area contributed by atoms with Crippen LogP contribution in [0.15, 0.2) is 11.4 Å². The van der Waals surface area contributed by atoms with Gasteiger partial charge in [-0.05, 0) is 25.2 Å². The molecule has 0 heterocycles. The number of carbonyl (C=O) groups is 1. The van der Waals surface area contributed by atoms with Crippen LogP contribution in [0.1, 0.15) is 40.5 Å². The fraction of sp³-hybridized carbons (Fsp3) is 0.824. The number of carbonyl (C=O) groups excluding carboxylic acids is 1. The van der Waals surface area contributed by atoms with E-state index in [4.69, 9.17) is 4.74 Å². The van der Waals surface area contributed by atoms with Gasteiger partial charge in [0, 0.05) is 34.3 Å². The van der Waals surface area contributed by atoms with Crippen LogP contribution in [0.4, 0.5) is 0 Å². The molecule has 1 atom stereocenters. The van der Waals surface area contributed by atoms with Crippen molar-refractivity contribution in [3.8, 4) is 0 Å². The summed E-state index contributed by atoms with van der Waals surface area (Å²) >= 11 is 0. The molecule has 0 saturated carbocycles. The van der Waals surface area contributed by atoms with E-state index in [0.29, 0.717) is 12.0 Å². The van der Waals surface area contributed by atoms with Crippen LogP contribution in [-0.4, -0.2) is 56.5 Å². The first kappa shape index (κ1) is 18.0. The summed E-state index contributed by atoms with van der Waals surface area (Å²) in [6, 6.07) is 0. The summed E-state index contributed by atoms with van der Waals surface area (Å²) in [5, 5.41) is 0. The van der Waals surface area contributed by atoms with Gasteiger partial charge in [0.25, 0.3) is 0 Å². The van der Waals surface area contributed by atoms with Crippen LogP contribution in [0.5, 0.6) is 0 Å². The third-order valence-electron chi connectivity index (χ3n) is 4.12. The van der Waals surface area contributed by atoms with Crippen molar-refractivity contribution < 1.29 is 9.53 Å². The molecule has 4 nitrogen and oxygen atoms in total. The number of hydrogen-bond acceptors (Lipinski definition) is 4. The Labute approximate surface area is 130 Å². The van der Waals surface area contributed by atoms with Crippen molar-refractivity contribution in [3.05, 3.63) is 11.4 Å². The second-order valence-corrected chi connectivity index (χ2v) is 7.32. The molecule has 0 aromatic rings. The van der Waals surface area contributed by atoms with E-state index in [2.05, 4.69) is 30.6 Å². The number of methoxy groups -OCH3 is 1. The van der Waals surface area contributed by atoms with Crippen molar-refractivity contribution in [3.63, 3.8) is 0 Å². The molecule has 0 spiro atoms. The van der Waals surface area contributed by atoms with Crippen LogP contribution in [0, 0.1) is 11.3 Å². The largest absolute Gasteiger partial charge is 0.383 e. The van der Waals surface area contributed by atoms with Gasteiger partial charge in [-0.2, -0.15) is 0 Å². The predicted octanol–water partition coefficient (Wildman–Crippen LogP) is 2.75. The standard InChI is InChI=1S/C17H32N2O2/c1-13-14(19(6)11-12-21-7)15(16(13)20)18(5)10-8-9-17(2,3)4/h13H,8-12H2,1-7H3. The van der Waals surface area contributed by atoms with Gasteiger partial charge >= 0.3 is 0 Å². The third kappa shape index (κ3) is 4.73. The van der Waals surface area contributed by atoms with Crippen molar-refractivity contribution in [2.75, 3.05) is 40.9 Å². The van der Waals surface area contributed by atoms with Crippen molar-refractivity contribution >= 4 is 5.78 Å². The first-order chi connectivity index (χ1) is 9.69. The average Bonchev–Trinajstić information content (AvgIpc) is 2.39. The minimum absolute atomic E-state index is 0.0203. The molecule has 0 radical (unpaired) electrons. The maximum Gasteiger partial charge on any atom is 0.189 e. The van der Waals surface area contributed by atoms with Crippen molar-refractivity contribution in [1.29, 1.82) is 0 Å². The minimum atomic E-state index is 0.0203. The Kier molecular flexibility index (Phi) is 6.26. The fourth-order valence-electron chi connectivity index (χ4n) is 2.78. The molecule has 0 aromatic carbocycles. The Morgan fingerprint density at radius 3 is 2.29 bits per heavy atom. The van der Waals surface area contributed by atoms with E-state index in [1.165, 1.54) is 6.42 Å². The van der Waals surface area contributed by atoms with Crippen LogP contribution >= 0.6 is 0 Å². The number of Topliss-reactive ketones (excluding diaryl/α,β-unsaturated/α-hetero) is 1. The summed E-state index contributed by atoms with van der Waals surface area (Å²) in [7, 11) is 5.78. The van der Waals surface area contributed by atoms with E-state index in [-0.39, 0.29) is 11.7 Å². The van der Waals surface area contributed by atoms with E-state index < -0.39 is 0 Å². The van der Waals surface area contributed by atoms with Crippen LogP contribution in [0.3, 0.4) is 0 Å². The first-order valence-corrected chi connectivity index (χ1v) is 7.88. The molecule has 0 aromatic heterocycles. The molecule has 1 rings (SSSR count). The number of ether oxygens (including phenoxy) is 1. The SMILES string of the molecule is COCCN(C)C1=C(N(C)CCCC(C)(C)C)C(=O)C1C. The van der Waals surface area contributed by atoms with E-state index in [1.54, 1.807) is 7.11 Å². The second kappa shape index (κ2) is 7.30. The highest BCUT2D eigenvalue weighted by atomic mass is 16.5. The number of allylic oxidation sites excluding steroid dienone is 2. The Morgan fingerprint density at radius 2 is 1.76 bits per heavy atom. The lowest BCUT2D eigenvalue weighted by Crippen LogP contribution is -2.45. The normalized spacial score (nSPS) is 18.8. The van der Waals surface area contributed by atoms with Crippen LogP contribution < -0.4 is 0 Å². The van der Waals surface area contributed by atoms with Crippen molar-refractivity contribution in [1.82, 2.24) is 9.80 Å². The number of hydrogen-bond donors (Lipinski definition) is 0. The Hall–Kier alpha value is -1.03. The van der Waals surface area contributed by atoms with Crippen LogP contribution in [0.25, 0.3) is 0 Å². The van der Waals surface area contributed by atoms with E-state index in [0.717, 1.165) is 30.9 Å². The van der Waals surface area contributed by atoms with Gasteiger partial charge in [-0.15, -0.1) is 0 Å². The van der Waals surface area contributed by atoms with E-state index in [9.17, 15) is 4.79 Å². The number of ketones is 1. The summed E-state index contributed by atoms with van der Waals surface area (Å²) in [4.78, 5) is 16.5. The Morgan fingerprint density at radius 1 is 1.14 bits per heavy atom. The molecule has 0 aliphatic heterocycles. The summed E-state index contributed by atoms with van der Waals surface area (Å²) in [6.07, 6.45) is 2.28. The van der Waals surface area contributed by atoms with Gasteiger partial charge in [0.1, 0.15) is 5.70 Å². The zero-order valence-electron chi connectivity index (χ0n) is 14.8. The third-order valence-corrected chi connectivity index (χ3v) is 4.12. The van der Waals surface area contributed by atoms with Crippen molar-refractivity contribution in [2.45, 2.75) is 40.5 Å². The summed E-state index contributed by atoms with van der Waals surface area (Å²) in [5.74, 6) is 0.291. The smallest absolute Gasteiger partial charge is 0.189 e. The highest BCUT2D eigenvalue weighted by Crippen LogP contribution is 2.34. The van der Waals surface area contributed by atoms with Gasteiger partial charge in [0.05, 0.1) is 18.2 Å². The molecule has 0 fully saturated rings. The summed E-state index contributed by atoms with van der Waals surface area (Å²) < 4.78 is 5.13. The van der Waals surface area contributed by atoms with Crippen LogP contribution in [-0.2, 0) is 9.53 Å². The zero-order valence-corrected chi connectivity index (χ0v) is 14.8. The molecule has 1 unspecified atom stereocenters. The lowest BCUT2D eigenvalue weighted by atomic mass is 9.84. The number of likely N-dealkylation sites (N-methyl/N-ethyl adjacent to an activating group) is 2. The molecular formula is C17H32N2O2. The summed E-state index contributed by atoms with van der Waals surface area (Å²) in [5.41, 5.74) is 2.41. The van der Waals surface area contributed by atoms with Gasteiger partial charge in [-0.3, -0.25) is 4.79 Å². The lowest BCUT2D eigenvalue weighted by molar-refractivity contribution is -0.122. The maximum absolute atomic E-state index is 12.2. The van der Waals surface area contributed by atoms with Gasteiger partial charge in [0.2, 0.25) is 0 Å². The van der Waals surface area contributed by atoms with Gasteiger partial charge in [-0.25, -0.2) is 0 Å². The first-order valence-electron chi connectivity index (χ1n) is 7.88. The van der Waals surface area contributed by atoms with E-state index >= 15 is 0 Å². The molecule has 0 amide bonds. The van der Waals surface area contributed by atoms with E-state index in [1.807, 2.05) is 21.0 Å². The molecule has 1 aliphatic carbocycles. The fourth-order valence-corrected chi connectivity index (χ4v) is 2.78. The Bertz CT molecular complexity index is 396. The molecule has 21 heavy (non-hydrogen) atoms. The Balaban J connectivity index is 2.67. The predicted molar refractivity (Wildman–Crippen MR) is 87.0 cm³/mol. The quantitative estimate of drug-likeness (QED) is 0.689. The van der Waals surface area contributed by atoms with Crippen LogP contribution in [0.2, 0.25) is 0 Å². The highest BCUT2D eigenvalue weighted by molar-refractivity contribution is 6.05. The average molecular weight is 296 g/mol. The second-order valence-electron chi connectivity index (χ2n) is 7.32. The molecule has 0 bridgehead atoms. The minimum Gasteiger partial charge on any atom is -0.383 e. The number of nitrogens with zero attached hydrogens (tertiary/aromatic N) is 2. The molecule has 122 valence electrons. The molecule has 4 heteroatoms. The van der Waals surface area contributed by atoms with Gasteiger partial charge in [-0.1, -0.05) is 20.8 Å². The summed E-state index contributed by atoms with van der Waals surface area (Å²) in [6.45, 7) is 11.2. The topological polar surface area (TPSA) is 32.8 Å². The number of rotatable bonds is 8. The molecule has 0 saturated heterocycles.